The van der Waals surface area contributed by atoms with E-state index in [4.69, 9.17) is 9.47 Å². The highest BCUT2D eigenvalue weighted by atomic mass is 32.2. The van der Waals surface area contributed by atoms with Crippen molar-refractivity contribution in [1.29, 1.82) is 0 Å². The Morgan fingerprint density at radius 1 is 1.03 bits per heavy atom. The number of hydrogen-bond donors (Lipinski definition) is 1. The van der Waals surface area contributed by atoms with E-state index in [1.165, 1.54) is 18.3 Å². The minimum atomic E-state index is -3.69. The Hall–Kier alpha value is -2.84. The van der Waals surface area contributed by atoms with Gasteiger partial charge >= 0.3 is 0 Å². The van der Waals surface area contributed by atoms with Gasteiger partial charge in [0.1, 0.15) is 5.75 Å². The van der Waals surface area contributed by atoms with Gasteiger partial charge in [0.05, 0.1) is 43.1 Å². The molecule has 8 heteroatoms. The molecular weight excluding hydrogens is 402 g/mol. The van der Waals surface area contributed by atoms with Gasteiger partial charge < -0.3 is 9.47 Å². The summed E-state index contributed by atoms with van der Waals surface area (Å²) < 4.78 is 40.6. The first-order chi connectivity index (χ1) is 14.6. The number of nitrogens with zero attached hydrogens (tertiary/aromatic N) is 2. The fourth-order valence-electron chi connectivity index (χ4n) is 2.72. The Morgan fingerprint density at radius 3 is 2.53 bits per heavy atom. The van der Waals surface area contributed by atoms with E-state index < -0.39 is 10.0 Å². The number of sulfonamides is 1. The fraction of sp³-hybridized carbons (Fsp3) is 0.318. The van der Waals surface area contributed by atoms with Crippen LogP contribution >= 0.6 is 0 Å². The summed E-state index contributed by atoms with van der Waals surface area (Å²) >= 11 is 0. The standard InChI is InChI=1S/C22H27N3O4S/c1-2-3-14-29-21-9-11-22(12-10-21)30(26,27)24-20-16-23-25(17-20)13-15-28-18-19-7-5-4-6-8-19/h4-12,16-17,24H,2-3,13-15,18H2,1H3. The Morgan fingerprint density at radius 2 is 1.80 bits per heavy atom. The van der Waals surface area contributed by atoms with E-state index in [0.29, 0.717) is 37.8 Å². The molecule has 0 aliphatic carbocycles. The lowest BCUT2D eigenvalue weighted by molar-refractivity contribution is 0.111. The molecule has 160 valence electrons. The van der Waals surface area contributed by atoms with E-state index in [1.54, 1.807) is 23.0 Å². The molecule has 0 atom stereocenters. The van der Waals surface area contributed by atoms with Crippen molar-refractivity contribution in [3.63, 3.8) is 0 Å². The van der Waals surface area contributed by atoms with Crippen molar-refractivity contribution in [3.05, 3.63) is 72.6 Å². The van der Waals surface area contributed by atoms with Gasteiger partial charge in [-0.3, -0.25) is 9.40 Å². The van der Waals surface area contributed by atoms with Crippen molar-refractivity contribution in [2.24, 2.45) is 0 Å². The number of anilines is 1. The molecule has 0 aliphatic heterocycles. The lowest BCUT2D eigenvalue weighted by Crippen LogP contribution is -2.12. The smallest absolute Gasteiger partial charge is 0.261 e. The third-order valence-electron chi connectivity index (χ3n) is 4.36. The summed E-state index contributed by atoms with van der Waals surface area (Å²) in [5.74, 6) is 0.658. The molecule has 30 heavy (non-hydrogen) atoms. The molecule has 0 unspecified atom stereocenters. The van der Waals surface area contributed by atoms with E-state index in [-0.39, 0.29) is 4.90 Å². The minimum Gasteiger partial charge on any atom is -0.494 e. The van der Waals surface area contributed by atoms with Gasteiger partial charge in [0.25, 0.3) is 10.0 Å². The van der Waals surface area contributed by atoms with Gasteiger partial charge in [-0.05, 0) is 36.2 Å². The van der Waals surface area contributed by atoms with E-state index in [2.05, 4.69) is 16.7 Å². The lowest BCUT2D eigenvalue weighted by atomic mass is 10.2. The molecule has 0 saturated carbocycles. The minimum absolute atomic E-state index is 0.171. The maximum atomic E-state index is 12.6. The average Bonchev–Trinajstić information content (AvgIpc) is 3.19. The topological polar surface area (TPSA) is 82.5 Å². The van der Waals surface area contributed by atoms with Crippen LogP contribution in [0.4, 0.5) is 5.69 Å². The van der Waals surface area contributed by atoms with Gasteiger partial charge in [0.15, 0.2) is 0 Å². The van der Waals surface area contributed by atoms with Crippen LogP contribution in [0.3, 0.4) is 0 Å². The molecule has 3 aromatic rings. The normalized spacial score (nSPS) is 11.4. The van der Waals surface area contributed by atoms with Crippen LogP contribution in [0.1, 0.15) is 25.3 Å². The number of benzene rings is 2. The molecule has 7 nitrogen and oxygen atoms in total. The van der Waals surface area contributed by atoms with Crippen LogP contribution in [0.15, 0.2) is 71.9 Å². The lowest BCUT2D eigenvalue weighted by Gasteiger charge is -2.08. The van der Waals surface area contributed by atoms with Crippen molar-refractivity contribution in [1.82, 2.24) is 9.78 Å². The Kier molecular flexibility index (Phi) is 7.87. The number of rotatable bonds is 12. The van der Waals surface area contributed by atoms with Crippen LogP contribution in [0.2, 0.25) is 0 Å². The molecule has 1 heterocycles. The van der Waals surface area contributed by atoms with E-state index in [0.717, 1.165) is 18.4 Å². The maximum Gasteiger partial charge on any atom is 0.261 e. The molecule has 1 N–H and O–H groups in total. The second-order valence-electron chi connectivity index (χ2n) is 6.81. The van der Waals surface area contributed by atoms with Crippen LogP contribution < -0.4 is 9.46 Å². The molecular formula is C22H27N3O4S. The molecule has 0 radical (unpaired) electrons. The summed E-state index contributed by atoms with van der Waals surface area (Å²) in [4.78, 5) is 0.171. The van der Waals surface area contributed by atoms with Gasteiger partial charge in [-0.2, -0.15) is 5.10 Å². The highest BCUT2D eigenvalue weighted by molar-refractivity contribution is 7.92. The average molecular weight is 430 g/mol. The highest BCUT2D eigenvalue weighted by Crippen LogP contribution is 2.19. The summed E-state index contributed by atoms with van der Waals surface area (Å²) in [5.41, 5.74) is 1.51. The first kappa shape index (κ1) is 21.9. The second kappa shape index (κ2) is 10.8. The largest absolute Gasteiger partial charge is 0.494 e. The van der Waals surface area contributed by atoms with Gasteiger partial charge in [0.2, 0.25) is 0 Å². The van der Waals surface area contributed by atoms with Crippen molar-refractivity contribution >= 4 is 15.7 Å². The Bertz CT molecular complexity index is 1000. The van der Waals surface area contributed by atoms with Crippen molar-refractivity contribution < 1.29 is 17.9 Å². The number of aromatic nitrogens is 2. The van der Waals surface area contributed by atoms with Crippen LogP contribution in [0.25, 0.3) is 0 Å². The van der Waals surface area contributed by atoms with Crippen LogP contribution in [0, 0.1) is 0 Å². The Labute approximate surface area is 177 Å². The Balaban J connectivity index is 1.49. The summed E-state index contributed by atoms with van der Waals surface area (Å²) in [7, 11) is -3.69. The van der Waals surface area contributed by atoms with Crippen LogP contribution in [-0.2, 0) is 27.9 Å². The highest BCUT2D eigenvalue weighted by Gasteiger charge is 2.15. The van der Waals surface area contributed by atoms with Crippen molar-refractivity contribution in [2.75, 3.05) is 17.9 Å². The third-order valence-corrected chi connectivity index (χ3v) is 5.76. The van der Waals surface area contributed by atoms with Gasteiger partial charge in [0, 0.05) is 6.20 Å². The molecule has 0 saturated heterocycles. The van der Waals surface area contributed by atoms with Crippen LogP contribution in [0.5, 0.6) is 5.75 Å². The molecule has 0 fully saturated rings. The number of ether oxygens (including phenoxy) is 2. The molecule has 0 spiro atoms. The molecule has 0 aliphatic rings. The molecule has 3 rings (SSSR count). The van der Waals surface area contributed by atoms with E-state index in [9.17, 15) is 8.42 Å². The van der Waals surface area contributed by atoms with Crippen LogP contribution in [-0.4, -0.2) is 31.4 Å². The number of hydrogen-bond acceptors (Lipinski definition) is 5. The fourth-order valence-corrected chi connectivity index (χ4v) is 3.75. The van der Waals surface area contributed by atoms with Crippen molar-refractivity contribution in [2.45, 2.75) is 37.8 Å². The zero-order valence-electron chi connectivity index (χ0n) is 17.0. The zero-order chi connectivity index (χ0) is 21.2. The summed E-state index contributed by atoms with van der Waals surface area (Å²) in [6.45, 7) is 4.24. The third kappa shape index (κ3) is 6.60. The number of unbranched alkanes of at least 4 members (excludes halogenated alkanes) is 1. The SMILES string of the molecule is CCCCOc1ccc(S(=O)(=O)Nc2cnn(CCOCc3ccccc3)c2)cc1. The van der Waals surface area contributed by atoms with Crippen molar-refractivity contribution in [3.8, 4) is 5.75 Å². The monoisotopic (exact) mass is 429 g/mol. The molecule has 0 bridgehead atoms. The van der Waals surface area contributed by atoms with E-state index in [1.807, 2.05) is 30.3 Å². The van der Waals surface area contributed by atoms with E-state index >= 15 is 0 Å². The van der Waals surface area contributed by atoms with Gasteiger partial charge in [-0.15, -0.1) is 0 Å². The molecule has 0 amide bonds. The maximum absolute atomic E-state index is 12.6. The quantitative estimate of drug-likeness (QED) is 0.439. The summed E-state index contributed by atoms with van der Waals surface area (Å²) in [6, 6.07) is 16.3. The second-order valence-corrected chi connectivity index (χ2v) is 8.49. The summed E-state index contributed by atoms with van der Waals surface area (Å²) in [5, 5.41) is 4.18. The first-order valence-corrected chi connectivity index (χ1v) is 11.4. The summed E-state index contributed by atoms with van der Waals surface area (Å²) in [6.07, 6.45) is 5.13. The molecule has 2 aromatic carbocycles. The predicted octanol–water partition coefficient (Wildman–Crippen LogP) is 4.08. The predicted molar refractivity (Wildman–Crippen MR) is 116 cm³/mol. The first-order valence-electron chi connectivity index (χ1n) is 9.96. The zero-order valence-corrected chi connectivity index (χ0v) is 17.8. The molecule has 1 aromatic heterocycles. The van der Waals surface area contributed by atoms with Gasteiger partial charge in [-0.25, -0.2) is 8.42 Å². The van der Waals surface area contributed by atoms with Gasteiger partial charge in [-0.1, -0.05) is 43.7 Å². The number of nitrogens with one attached hydrogen (secondary N) is 1.